The molecule has 1 N–H and O–H groups in total. The molecule has 0 aromatic heterocycles. The number of rotatable bonds is 0. The zero-order chi connectivity index (χ0) is 6.91. The third-order valence-electron chi connectivity index (χ3n) is 2.22. The van der Waals surface area contributed by atoms with Crippen LogP contribution in [0.25, 0.3) is 0 Å². The molecule has 0 heterocycles. The Labute approximate surface area is 56.4 Å². The molecule has 0 aromatic carbocycles. The van der Waals surface area contributed by atoms with Gasteiger partial charge in [-0.25, -0.2) is 0 Å². The van der Waals surface area contributed by atoms with Crippen LogP contribution >= 0.6 is 0 Å². The van der Waals surface area contributed by atoms with Gasteiger partial charge in [0, 0.05) is 5.92 Å². The molecule has 2 unspecified atom stereocenters. The second kappa shape index (κ2) is 2.14. The molecule has 52 valence electrons. The fraction of sp³-hybridized carbons (Fsp3) is 0.750. The van der Waals surface area contributed by atoms with Gasteiger partial charge >= 0.3 is 0 Å². The third kappa shape index (κ3) is 1.33. The first-order chi connectivity index (χ1) is 4.13. The molecule has 0 bridgehead atoms. The molecular weight excluding hydrogens is 112 g/mol. The average molecular weight is 126 g/mol. The molecule has 0 spiro atoms. The van der Waals surface area contributed by atoms with E-state index in [1.165, 1.54) is 0 Å². The molecule has 0 radical (unpaired) electrons. The van der Waals surface area contributed by atoms with E-state index in [4.69, 9.17) is 0 Å². The summed E-state index contributed by atoms with van der Waals surface area (Å²) in [6.45, 7) is 3.96. The highest BCUT2D eigenvalue weighted by molar-refractivity contribution is 5.01. The maximum absolute atomic E-state index is 9.59. The molecule has 0 aromatic rings. The summed E-state index contributed by atoms with van der Waals surface area (Å²) >= 11 is 0. The van der Waals surface area contributed by atoms with Crippen molar-refractivity contribution in [3.05, 3.63) is 12.2 Å². The van der Waals surface area contributed by atoms with Gasteiger partial charge in [-0.05, 0) is 19.8 Å². The normalized spacial score (nSPS) is 43.2. The number of hydrogen-bond donors (Lipinski definition) is 1. The minimum Gasteiger partial charge on any atom is -0.390 e. The second-order valence-electron chi connectivity index (χ2n) is 3.11. The van der Waals surface area contributed by atoms with E-state index in [1.807, 2.05) is 6.92 Å². The van der Waals surface area contributed by atoms with Gasteiger partial charge in [0.05, 0.1) is 5.60 Å². The van der Waals surface area contributed by atoms with Crippen LogP contribution in [0.3, 0.4) is 0 Å². The molecule has 1 nitrogen and oxygen atoms in total. The fourth-order valence-electron chi connectivity index (χ4n) is 1.11. The molecule has 0 amide bonds. The predicted octanol–water partition coefficient (Wildman–Crippen LogP) is 1.72. The van der Waals surface area contributed by atoms with Crippen molar-refractivity contribution in [2.24, 2.45) is 5.92 Å². The highest BCUT2D eigenvalue weighted by Gasteiger charge is 2.27. The molecular formula is C8H14O. The molecule has 1 heteroatoms. The SMILES string of the molecule is CC1C=CCCC1(C)O. The van der Waals surface area contributed by atoms with Crippen LogP contribution in [0.1, 0.15) is 26.7 Å². The Morgan fingerprint density at radius 3 is 2.67 bits per heavy atom. The highest BCUT2D eigenvalue weighted by atomic mass is 16.3. The van der Waals surface area contributed by atoms with Crippen molar-refractivity contribution in [3.8, 4) is 0 Å². The maximum Gasteiger partial charge on any atom is 0.0682 e. The summed E-state index contributed by atoms with van der Waals surface area (Å²) in [5, 5.41) is 9.59. The Hall–Kier alpha value is -0.300. The Balaban J connectivity index is 2.66. The van der Waals surface area contributed by atoms with E-state index in [0.29, 0.717) is 5.92 Å². The summed E-state index contributed by atoms with van der Waals surface area (Å²) in [7, 11) is 0. The monoisotopic (exact) mass is 126 g/mol. The largest absolute Gasteiger partial charge is 0.390 e. The predicted molar refractivity (Wildman–Crippen MR) is 38.2 cm³/mol. The molecule has 1 aliphatic rings. The van der Waals surface area contributed by atoms with Crippen LogP contribution < -0.4 is 0 Å². The van der Waals surface area contributed by atoms with Crippen molar-refractivity contribution < 1.29 is 5.11 Å². The molecule has 1 aliphatic carbocycles. The van der Waals surface area contributed by atoms with E-state index in [9.17, 15) is 5.11 Å². The number of hydrogen-bond acceptors (Lipinski definition) is 1. The lowest BCUT2D eigenvalue weighted by molar-refractivity contribution is 0.0124. The van der Waals surface area contributed by atoms with Crippen molar-refractivity contribution in [1.29, 1.82) is 0 Å². The summed E-state index contributed by atoms with van der Waals surface area (Å²) in [6.07, 6.45) is 6.16. The molecule has 0 fully saturated rings. The van der Waals surface area contributed by atoms with Gasteiger partial charge in [0.25, 0.3) is 0 Å². The quantitative estimate of drug-likeness (QED) is 0.490. The van der Waals surface area contributed by atoms with Crippen molar-refractivity contribution in [2.75, 3.05) is 0 Å². The number of aliphatic hydroxyl groups is 1. The van der Waals surface area contributed by atoms with E-state index >= 15 is 0 Å². The van der Waals surface area contributed by atoms with Crippen LogP contribution in [0, 0.1) is 5.92 Å². The van der Waals surface area contributed by atoms with Crippen LogP contribution in [0.15, 0.2) is 12.2 Å². The highest BCUT2D eigenvalue weighted by Crippen LogP contribution is 2.27. The lowest BCUT2D eigenvalue weighted by atomic mass is 9.82. The van der Waals surface area contributed by atoms with Crippen molar-refractivity contribution in [3.63, 3.8) is 0 Å². The van der Waals surface area contributed by atoms with E-state index < -0.39 is 5.60 Å². The zero-order valence-corrected chi connectivity index (χ0v) is 6.09. The Kier molecular flexibility index (Phi) is 1.62. The fourth-order valence-corrected chi connectivity index (χ4v) is 1.11. The summed E-state index contributed by atoms with van der Waals surface area (Å²) < 4.78 is 0. The first-order valence-corrected chi connectivity index (χ1v) is 3.52. The van der Waals surface area contributed by atoms with Crippen molar-refractivity contribution >= 4 is 0 Å². The lowest BCUT2D eigenvalue weighted by Gasteiger charge is -2.30. The number of allylic oxidation sites excluding steroid dienone is 1. The third-order valence-corrected chi connectivity index (χ3v) is 2.22. The van der Waals surface area contributed by atoms with Gasteiger partial charge < -0.3 is 5.11 Å². The van der Waals surface area contributed by atoms with Crippen LogP contribution in [0.2, 0.25) is 0 Å². The molecule has 1 rings (SSSR count). The standard InChI is InChI=1S/C8H14O/c1-7-5-3-4-6-8(7,2)9/h3,5,7,9H,4,6H2,1-2H3. The van der Waals surface area contributed by atoms with Crippen LogP contribution in [-0.4, -0.2) is 10.7 Å². The van der Waals surface area contributed by atoms with Gasteiger partial charge in [-0.3, -0.25) is 0 Å². The maximum atomic E-state index is 9.59. The van der Waals surface area contributed by atoms with Crippen molar-refractivity contribution in [1.82, 2.24) is 0 Å². The Morgan fingerprint density at radius 2 is 2.33 bits per heavy atom. The topological polar surface area (TPSA) is 20.2 Å². The van der Waals surface area contributed by atoms with Gasteiger partial charge in [-0.2, -0.15) is 0 Å². The average Bonchev–Trinajstić information content (AvgIpc) is 1.77. The van der Waals surface area contributed by atoms with E-state index in [-0.39, 0.29) is 0 Å². The van der Waals surface area contributed by atoms with E-state index in [0.717, 1.165) is 12.8 Å². The molecule has 0 aliphatic heterocycles. The minimum absolute atomic E-state index is 0.325. The van der Waals surface area contributed by atoms with Crippen LogP contribution in [0.5, 0.6) is 0 Å². The first-order valence-electron chi connectivity index (χ1n) is 3.52. The molecule has 9 heavy (non-hydrogen) atoms. The van der Waals surface area contributed by atoms with E-state index in [1.54, 1.807) is 0 Å². The Bertz CT molecular complexity index is 125. The van der Waals surface area contributed by atoms with Gasteiger partial charge in [0.1, 0.15) is 0 Å². The molecule has 2 atom stereocenters. The van der Waals surface area contributed by atoms with Crippen LogP contribution in [0.4, 0.5) is 0 Å². The zero-order valence-electron chi connectivity index (χ0n) is 6.09. The van der Waals surface area contributed by atoms with E-state index in [2.05, 4.69) is 19.1 Å². The lowest BCUT2D eigenvalue weighted by Crippen LogP contribution is -2.33. The smallest absolute Gasteiger partial charge is 0.0682 e. The van der Waals surface area contributed by atoms with Gasteiger partial charge in [0.2, 0.25) is 0 Å². The Morgan fingerprint density at radius 1 is 1.67 bits per heavy atom. The summed E-state index contributed by atoms with van der Waals surface area (Å²) in [6, 6.07) is 0. The summed E-state index contributed by atoms with van der Waals surface area (Å²) in [4.78, 5) is 0. The molecule has 0 saturated heterocycles. The van der Waals surface area contributed by atoms with Crippen molar-refractivity contribution in [2.45, 2.75) is 32.3 Å². The molecule has 0 saturated carbocycles. The summed E-state index contributed by atoms with van der Waals surface area (Å²) in [5.74, 6) is 0.325. The van der Waals surface area contributed by atoms with Gasteiger partial charge in [-0.1, -0.05) is 19.1 Å². The van der Waals surface area contributed by atoms with Gasteiger partial charge in [0.15, 0.2) is 0 Å². The summed E-state index contributed by atoms with van der Waals surface area (Å²) in [5.41, 5.74) is -0.450. The first kappa shape index (κ1) is 6.81. The van der Waals surface area contributed by atoms with Crippen LogP contribution in [-0.2, 0) is 0 Å². The second-order valence-corrected chi connectivity index (χ2v) is 3.11. The van der Waals surface area contributed by atoms with Gasteiger partial charge in [-0.15, -0.1) is 0 Å². The minimum atomic E-state index is -0.450.